The lowest BCUT2D eigenvalue weighted by Crippen LogP contribution is -2.39. The lowest BCUT2D eigenvalue weighted by atomic mass is 9.78. The Morgan fingerprint density at radius 1 is 0.347 bits per heavy atom. The molecule has 436 valence electrons. The Morgan fingerprint density at radius 3 is 0.827 bits per heavy atom. The summed E-state index contributed by atoms with van der Waals surface area (Å²) in [6.45, 7) is 8.32. The van der Waals surface area contributed by atoms with Gasteiger partial charge in [0.2, 0.25) is 0 Å². The highest BCUT2D eigenvalue weighted by Crippen LogP contribution is 2.41. The van der Waals surface area contributed by atoms with Crippen LogP contribution in [0.2, 0.25) is 0 Å². The minimum absolute atomic E-state index is 0.111. The molecule has 0 spiro atoms. The van der Waals surface area contributed by atoms with Crippen molar-refractivity contribution < 1.29 is 57.8 Å². The quantitative estimate of drug-likeness (QED) is 0.0273. The van der Waals surface area contributed by atoms with Crippen LogP contribution in [0, 0.1) is 10.8 Å². The molecule has 0 radical (unpaired) electrons. The maximum absolute atomic E-state index is 10.7. The van der Waals surface area contributed by atoms with Crippen molar-refractivity contribution in [2.45, 2.75) is 239 Å². The molecule has 0 aromatic heterocycles. The molecule has 0 heterocycles. The fraction of sp³-hybridized carbons (Fsp3) is 0.803. The zero-order valence-corrected chi connectivity index (χ0v) is 49.6. The molecule has 2 atom stereocenters. The van der Waals surface area contributed by atoms with E-state index in [1.807, 2.05) is 24.3 Å². The molecule has 0 amide bonds. The summed E-state index contributed by atoms with van der Waals surface area (Å²) in [5, 5.41) is 40.6. The van der Waals surface area contributed by atoms with E-state index in [4.69, 9.17) is 27.6 Å². The van der Waals surface area contributed by atoms with Gasteiger partial charge in [0.25, 0.3) is 0 Å². The van der Waals surface area contributed by atoms with Gasteiger partial charge in [-0.2, -0.15) is 0 Å². The molecule has 2 aromatic rings. The molecule has 0 saturated carbocycles. The van der Waals surface area contributed by atoms with Crippen LogP contribution in [-0.2, 0) is 23.9 Å². The third kappa shape index (κ3) is 33.0. The number of benzene rings is 2. The first-order valence-electron chi connectivity index (χ1n) is 29.9. The first-order valence-corrected chi connectivity index (χ1v) is 32.2. The number of hydrogen-bond donors (Lipinski definition) is 6. The predicted molar refractivity (Wildman–Crippen MR) is 310 cm³/mol. The standard InChI is InChI=1S/C61H110O12P2/c1-5-7-9-11-13-15-17-19-21-23-25-27-29-31-33-35-45-68-51-60(47-62,48-63)53-70-74(66)72-57-41-37-55(38-42-57)59(3,4)56-39-43-58(44-40-56)73-75(67)71-54-61(49-64,50-65)52-69-46-36-34-32-30-28-26-24-22-20-18-16-14-12-10-8-6-2/h37-44,62-67H,5-36,45-54H2,1-4H3. The summed E-state index contributed by atoms with van der Waals surface area (Å²) in [4.78, 5) is 21.3. The molecule has 2 rings (SSSR count). The number of aliphatic hydroxyl groups excluding tert-OH is 4. The first kappa shape index (κ1) is 69.6. The van der Waals surface area contributed by atoms with E-state index in [9.17, 15) is 30.2 Å². The molecule has 0 saturated heterocycles. The Morgan fingerprint density at radius 2 is 0.587 bits per heavy atom. The molecule has 2 unspecified atom stereocenters. The molecule has 14 heteroatoms. The van der Waals surface area contributed by atoms with Crippen LogP contribution >= 0.6 is 17.2 Å². The van der Waals surface area contributed by atoms with Gasteiger partial charge in [-0.05, 0) is 48.2 Å². The van der Waals surface area contributed by atoms with Gasteiger partial charge in [-0.15, -0.1) is 0 Å². The van der Waals surface area contributed by atoms with Crippen molar-refractivity contribution in [1.82, 2.24) is 0 Å². The third-order valence-electron chi connectivity index (χ3n) is 14.9. The van der Waals surface area contributed by atoms with Gasteiger partial charge in [0.1, 0.15) is 11.5 Å². The van der Waals surface area contributed by atoms with Gasteiger partial charge in [0.15, 0.2) is 0 Å². The second-order valence-corrected chi connectivity index (χ2v) is 24.1. The SMILES string of the molecule is CCCCCCCCCCCCCCCCCCOCC(CO)(CO)COP(O)Oc1ccc(C(C)(C)c2ccc(OP(O)OCC(CO)(CO)COCCCCCCCCCCCCCCCCCC)cc2)cc1. The Bertz CT molecular complexity index is 1450. The molecule has 2 aromatic carbocycles. The van der Waals surface area contributed by atoms with Gasteiger partial charge in [-0.3, -0.25) is 0 Å². The molecular formula is C61H110O12P2. The van der Waals surface area contributed by atoms with Crippen molar-refractivity contribution in [3.05, 3.63) is 59.7 Å². The zero-order valence-electron chi connectivity index (χ0n) is 47.8. The molecule has 6 N–H and O–H groups in total. The number of ether oxygens (including phenoxy) is 2. The van der Waals surface area contributed by atoms with Crippen molar-refractivity contribution in [3.63, 3.8) is 0 Å². The van der Waals surface area contributed by atoms with Crippen LogP contribution in [0.15, 0.2) is 48.5 Å². The number of aliphatic hydroxyl groups is 4. The van der Waals surface area contributed by atoms with E-state index in [0.29, 0.717) is 24.7 Å². The summed E-state index contributed by atoms with van der Waals surface area (Å²) in [6, 6.07) is 14.7. The van der Waals surface area contributed by atoms with Crippen molar-refractivity contribution in [2.75, 3.05) is 66.1 Å². The van der Waals surface area contributed by atoms with E-state index < -0.39 is 33.4 Å². The maximum atomic E-state index is 10.7. The molecule has 75 heavy (non-hydrogen) atoms. The first-order chi connectivity index (χ1) is 36.5. The summed E-state index contributed by atoms with van der Waals surface area (Å²) in [5.41, 5.74) is -0.578. The monoisotopic (exact) mass is 1100 g/mol. The molecule has 0 aliphatic carbocycles. The van der Waals surface area contributed by atoms with Gasteiger partial charge in [-0.25, -0.2) is 0 Å². The summed E-state index contributed by atoms with van der Waals surface area (Å²) in [7, 11) is -4.68. The highest BCUT2D eigenvalue weighted by molar-refractivity contribution is 7.41. The van der Waals surface area contributed by atoms with E-state index in [1.54, 1.807) is 24.3 Å². The molecule has 0 fully saturated rings. The summed E-state index contributed by atoms with van der Waals surface area (Å²) < 4.78 is 34.4. The van der Waals surface area contributed by atoms with Crippen molar-refractivity contribution in [1.29, 1.82) is 0 Å². The molecule has 0 aliphatic heterocycles. The Balaban J connectivity index is 1.63. The topological polar surface area (TPSA) is 177 Å². The fourth-order valence-corrected chi connectivity index (χ4v) is 10.8. The number of unbranched alkanes of at least 4 members (excludes halogenated alkanes) is 30. The van der Waals surface area contributed by atoms with Crippen LogP contribution in [0.4, 0.5) is 0 Å². The predicted octanol–water partition coefficient (Wildman–Crippen LogP) is 15.7. The smallest absolute Gasteiger partial charge is 0.394 e. The minimum atomic E-state index is -2.34. The third-order valence-corrected chi connectivity index (χ3v) is 16.4. The van der Waals surface area contributed by atoms with Crippen LogP contribution < -0.4 is 9.05 Å². The fourth-order valence-electron chi connectivity index (χ4n) is 9.28. The van der Waals surface area contributed by atoms with Crippen LogP contribution in [-0.4, -0.2) is 96.3 Å². The average Bonchev–Trinajstić information content (AvgIpc) is 3.42. The van der Waals surface area contributed by atoms with Crippen LogP contribution in [0.3, 0.4) is 0 Å². The van der Waals surface area contributed by atoms with Gasteiger partial charge < -0.3 is 57.8 Å². The maximum Gasteiger partial charge on any atom is 0.394 e. The lowest BCUT2D eigenvalue weighted by molar-refractivity contribution is -0.0542. The molecule has 0 bridgehead atoms. The van der Waals surface area contributed by atoms with E-state index in [0.717, 1.165) is 36.8 Å². The van der Waals surface area contributed by atoms with Gasteiger partial charge in [0.05, 0.1) is 63.7 Å². The van der Waals surface area contributed by atoms with E-state index in [-0.39, 0.29) is 52.9 Å². The Kier molecular flexibility index (Phi) is 42.0. The summed E-state index contributed by atoms with van der Waals surface area (Å²) in [6.07, 6.45) is 41.7. The molecular weight excluding hydrogens is 987 g/mol. The number of rotatable bonds is 54. The Hall–Kier alpha value is -1.50. The van der Waals surface area contributed by atoms with E-state index in [1.165, 1.54) is 180 Å². The van der Waals surface area contributed by atoms with Gasteiger partial charge >= 0.3 is 17.2 Å². The van der Waals surface area contributed by atoms with Crippen LogP contribution in [0.5, 0.6) is 11.5 Å². The lowest BCUT2D eigenvalue weighted by Gasteiger charge is -2.30. The van der Waals surface area contributed by atoms with E-state index >= 15 is 0 Å². The largest absolute Gasteiger partial charge is 0.427 e. The average molecular weight is 1100 g/mol. The van der Waals surface area contributed by atoms with Crippen molar-refractivity contribution in [2.24, 2.45) is 10.8 Å². The normalized spacial score (nSPS) is 13.1. The summed E-state index contributed by atoms with van der Waals surface area (Å²) in [5.74, 6) is 0.824. The second-order valence-electron chi connectivity index (χ2n) is 22.2. The van der Waals surface area contributed by atoms with Crippen LogP contribution in [0.1, 0.15) is 244 Å². The molecule has 12 nitrogen and oxygen atoms in total. The highest BCUT2D eigenvalue weighted by Gasteiger charge is 2.33. The second kappa shape index (κ2) is 45.3. The van der Waals surface area contributed by atoms with Crippen molar-refractivity contribution >= 4 is 17.2 Å². The summed E-state index contributed by atoms with van der Waals surface area (Å²) >= 11 is 0. The van der Waals surface area contributed by atoms with E-state index in [2.05, 4.69) is 27.7 Å². The Labute approximate surface area is 459 Å². The highest BCUT2D eigenvalue weighted by atomic mass is 31.2. The minimum Gasteiger partial charge on any atom is -0.427 e. The van der Waals surface area contributed by atoms with Crippen LogP contribution in [0.25, 0.3) is 0 Å². The zero-order chi connectivity index (χ0) is 54.6. The van der Waals surface area contributed by atoms with Gasteiger partial charge in [0, 0.05) is 18.6 Å². The van der Waals surface area contributed by atoms with Gasteiger partial charge in [-0.1, -0.05) is 245 Å². The van der Waals surface area contributed by atoms with Crippen molar-refractivity contribution in [3.8, 4) is 11.5 Å². The molecule has 0 aliphatic rings. The number of hydrogen-bond acceptors (Lipinski definition) is 12.